The SMILES string of the molecule is CCC(CC)C(CNC(=O)Cc1ccc(-c2csc(C)n2)cc1)N1CCOCC1. The van der Waals surface area contributed by atoms with Crippen molar-refractivity contribution < 1.29 is 9.53 Å². The summed E-state index contributed by atoms with van der Waals surface area (Å²) in [7, 11) is 0. The zero-order valence-corrected chi connectivity index (χ0v) is 18.6. The molecule has 1 N–H and O–H groups in total. The van der Waals surface area contributed by atoms with Crippen LogP contribution in [0.1, 0.15) is 37.3 Å². The van der Waals surface area contributed by atoms with Gasteiger partial charge in [0.1, 0.15) is 0 Å². The maximum absolute atomic E-state index is 12.6. The first-order valence-corrected chi connectivity index (χ1v) is 11.6. The molecular weight excluding hydrogens is 382 g/mol. The Morgan fingerprint density at radius 3 is 2.48 bits per heavy atom. The zero-order valence-electron chi connectivity index (χ0n) is 17.8. The number of ether oxygens (including phenoxy) is 1. The Labute approximate surface area is 178 Å². The van der Waals surface area contributed by atoms with Crippen molar-refractivity contribution >= 4 is 17.2 Å². The molecule has 1 aromatic carbocycles. The van der Waals surface area contributed by atoms with Gasteiger partial charge in [0.25, 0.3) is 0 Å². The van der Waals surface area contributed by atoms with Gasteiger partial charge in [-0.15, -0.1) is 11.3 Å². The summed E-state index contributed by atoms with van der Waals surface area (Å²) < 4.78 is 5.51. The second kappa shape index (κ2) is 10.9. The molecule has 2 heterocycles. The topological polar surface area (TPSA) is 54.5 Å². The van der Waals surface area contributed by atoms with E-state index in [9.17, 15) is 4.79 Å². The van der Waals surface area contributed by atoms with Gasteiger partial charge in [0.05, 0.1) is 30.3 Å². The predicted molar refractivity (Wildman–Crippen MR) is 119 cm³/mol. The molecular formula is C23H33N3O2S. The van der Waals surface area contributed by atoms with Crippen molar-refractivity contribution in [1.82, 2.24) is 15.2 Å². The van der Waals surface area contributed by atoms with Crippen LogP contribution >= 0.6 is 11.3 Å². The molecule has 1 unspecified atom stereocenters. The van der Waals surface area contributed by atoms with Crippen LogP contribution in [0.2, 0.25) is 0 Å². The maximum Gasteiger partial charge on any atom is 0.224 e. The lowest BCUT2D eigenvalue weighted by atomic mass is 9.92. The van der Waals surface area contributed by atoms with Crippen LogP contribution < -0.4 is 5.32 Å². The Balaban J connectivity index is 1.55. The molecule has 3 rings (SSSR count). The Morgan fingerprint density at radius 1 is 1.21 bits per heavy atom. The second-order valence-corrected chi connectivity index (χ2v) is 8.78. The standard InChI is InChI=1S/C23H33N3O2S/c1-4-19(5-2)22(26-10-12-28-13-11-26)15-24-23(27)14-18-6-8-20(9-7-18)21-16-29-17(3)25-21/h6-9,16,19,22H,4-5,10-15H2,1-3H3,(H,24,27). The second-order valence-electron chi connectivity index (χ2n) is 7.72. The first-order chi connectivity index (χ1) is 14.1. The monoisotopic (exact) mass is 415 g/mol. The van der Waals surface area contributed by atoms with E-state index >= 15 is 0 Å². The van der Waals surface area contributed by atoms with E-state index in [1.165, 1.54) is 0 Å². The molecule has 0 aliphatic carbocycles. The quantitative estimate of drug-likeness (QED) is 0.675. The number of amides is 1. The molecule has 0 saturated carbocycles. The Hall–Kier alpha value is -1.76. The van der Waals surface area contributed by atoms with Crippen molar-refractivity contribution in [3.63, 3.8) is 0 Å². The first-order valence-electron chi connectivity index (χ1n) is 10.7. The van der Waals surface area contributed by atoms with Gasteiger partial charge in [-0.3, -0.25) is 9.69 Å². The van der Waals surface area contributed by atoms with Gasteiger partial charge < -0.3 is 10.1 Å². The average molecular weight is 416 g/mol. The maximum atomic E-state index is 12.6. The van der Waals surface area contributed by atoms with E-state index in [0.29, 0.717) is 24.9 Å². The lowest BCUT2D eigenvalue weighted by Gasteiger charge is -2.38. The molecule has 6 heteroatoms. The molecule has 158 valence electrons. The summed E-state index contributed by atoms with van der Waals surface area (Å²) in [6.45, 7) is 10.7. The number of morpholine rings is 1. The first kappa shape index (κ1) is 21.9. The summed E-state index contributed by atoms with van der Waals surface area (Å²) in [6.07, 6.45) is 2.67. The van der Waals surface area contributed by atoms with Gasteiger partial charge in [-0.05, 0) is 18.4 Å². The third-order valence-electron chi connectivity index (χ3n) is 5.85. The Morgan fingerprint density at radius 2 is 1.90 bits per heavy atom. The van der Waals surface area contributed by atoms with Crippen LogP contribution in [0.5, 0.6) is 0 Å². The van der Waals surface area contributed by atoms with Crippen LogP contribution in [0.25, 0.3) is 11.3 Å². The summed E-state index contributed by atoms with van der Waals surface area (Å²) in [4.78, 5) is 19.6. The molecule has 0 radical (unpaired) electrons. The lowest BCUT2D eigenvalue weighted by molar-refractivity contribution is -0.121. The van der Waals surface area contributed by atoms with Crippen LogP contribution in [-0.4, -0.2) is 54.7 Å². The summed E-state index contributed by atoms with van der Waals surface area (Å²) in [5, 5.41) is 6.33. The summed E-state index contributed by atoms with van der Waals surface area (Å²) in [5.74, 6) is 0.681. The highest BCUT2D eigenvalue weighted by Gasteiger charge is 2.27. The number of aromatic nitrogens is 1. The van der Waals surface area contributed by atoms with Gasteiger partial charge in [0, 0.05) is 36.6 Å². The number of carbonyl (C=O) groups excluding carboxylic acids is 1. The highest BCUT2D eigenvalue weighted by atomic mass is 32.1. The fourth-order valence-electron chi connectivity index (χ4n) is 4.09. The van der Waals surface area contributed by atoms with Gasteiger partial charge in [-0.2, -0.15) is 0 Å². The molecule has 2 aromatic rings. The number of aryl methyl sites for hydroxylation is 1. The number of carbonyl (C=O) groups is 1. The van der Waals surface area contributed by atoms with Gasteiger partial charge in [-0.25, -0.2) is 4.98 Å². The van der Waals surface area contributed by atoms with E-state index in [1.54, 1.807) is 11.3 Å². The zero-order chi connectivity index (χ0) is 20.6. The van der Waals surface area contributed by atoms with Crippen LogP contribution in [0.4, 0.5) is 0 Å². The predicted octanol–water partition coefficient (Wildman–Crippen LogP) is 3.91. The largest absolute Gasteiger partial charge is 0.379 e. The highest BCUT2D eigenvalue weighted by molar-refractivity contribution is 7.09. The van der Waals surface area contributed by atoms with E-state index in [4.69, 9.17) is 4.74 Å². The lowest BCUT2D eigenvalue weighted by Crippen LogP contribution is -2.52. The van der Waals surface area contributed by atoms with Crippen LogP contribution in [-0.2, 0) is 16.0 Å². The molecule has 1 amide bonds. The van der Waals surface area contributed by atoms with Crippen molar-refractivity contribution in [3.05, 3.63) is 40.2 Å². The number of benzene rings is 1. The molecule has 5 nitrogen and oxygen atoms in total. The van der Waals surface area contributed by atoms with E-state index in [1.807, 2.05) is 19.1 Å². The Kier molecular flexibility index (Phi) is 8.21. The van der Waals surface area contributed by atoms with Crippen LogP contribution in [0.15, 0.2) is 29.6 Å². The third kappa shape index (κ3) is 6.11. The van der Waals surface area contributed by atoms with Gasteiger partial charge in [0.2, 0.25) is 5.91 Å². The van der Waals surface area contributed by atoms with Gasteiger partial charge >= 0.3 is 0 Å². The van der Waals surface area contributed by atoms with E-state index in [2.05, 4.69) is 46.6 Å². The van der Waals surface area contributed by atoms with E-state index < -0.39 is 0 Å². The number of hydrogen-bond acceptors (Lipinski definition) is 5. The molecule has 0 bridgehead atoms. The van der Waals surface area contributed by atoms with Crippen LogP contribution in [0, 0.1) is 12.8 Å². The molecule has 1 aliphatic rings. The summed E-state index contributed by atoms with van der Waals surface area (Å²) in [6, 6.07) is 8.55. The fourth-order valence-corrected chi connectivity index (χ4v) is 4.71. The minimum absolute atomic E-state index is 0.0893. The van der Waals surface area contributed by atoms with Crippen molar-refractivity contribution in [2.24, 2.45) is 5.92 Å². The number of rotatable bonds is 9. The van der Waals surface area contributed by atoms with Crippen molar-refractivity contribution in [3.8, 4) is 11.3 Å². The summed E-state index contributed by atoms with van der Waals surface area (Å²) >= 11 is 1.65. The van der Waals surface area contributed by atoms with E-state index in [0.717, 1.165) is 61.0 Å². The molecule has 0 spiro atoms. The normalized spacial score (nSPS) is 16.1. The number of nitrogens with zero attached hydrogens (tertiary/aromatic N) is 2. The van der Waals surface area contributed by atoms with Gasteiger partial charge in [-0.1, -0.05) is 51.0 Å². The van der Waals surface area contributed by atoms with E-state index in [-0.39, 0.29) is 5.91 Å². The molecule has 1 atom stereocenters. The Bertz CT molecular complexity index is 765. The summed E-state index contributed by atoms with van der Waals surface area (Å²) in [5.41, 5.74) is 3.13. The minimum atomic E-state index is 0.0893. The molecule has 1 aromatic heterocycles. The molecule has 1 aliphatic heterocycles. The number of thiazole rings is 1. The van der Waals surface area contributed by atoms with Gasteiger partial charge in [0.15, 0.2) is 0 Å². The molecule has 29 heavy (non-hydrogen) atoms. The van der Waals surface area contributed by atoms with Crippen molar-refractivity contribution in [1.29, 1.82) is 0 Å². The average Bonchev–Trinajstić information content (AvgIpc) is 3.18. The number of hydrogen-bond donors (Lipinski definition) is 1. The number of nitrogens with one attached hydrogen (secondary N) is 1. The van der Waals surface area contributed by atoms with Crippen LogP contribution in [0.3, 0.4) is 0 Å². The third-order valence-corrected chi connectivity index (χ3v) is 6.62. The smallest absolute Gasteiger partial charge is 0.224 e. The highest BCUT2D eigenvalue weighted by Crippen LogP contribution is 2.22. The molecule has 1 fully saturated rings. The minimum Gasteiger partial charge on any atom is -0.379 e. The van der Waals surface area contributed by atoms with Crippen molar-refractivity contribution in [2.75, 3.05) is 32.8 Å². The fraction of sp³-hybridized carbons (Fsp3) is 0.565. The molecule has 1 saturated heterocycles. The van der Waals surface area contributed by atoms with Crippen molar-refractivity contribution in [2.45, 2.75) is 46.1 Å².